The highest BCUT2D eigenvalue weighted by Gasteiger charge is 2.17. The molecule has 2 aromatic rings. The molecule has 0 saturated carbocycles. The molecular formula is C28H36O2. The van der Waals surface area contributed by atoms with Crippen molar-refractivity contribution in [2.24, 2.45) is 0 Å². The molecule has 0 unspecified atom stereocenters. The van der Waals surface area contributed by atoms with Crippen molar-refractivity contribution < 1.29 is 9.47 Å². The summed E-state index contributed by atoms with van der Waals surface area (Å²) in [6.45, 7) is 7.29. The lowest BCUT2D eigenvalue weighted by molar-refractivity contribution is -0.0419. The monoisotopic (exact) mass is 404 g/mol. The number of unbranched alkanes of at least 4 members (excludes halogenated alkanes) is 4. The smallest absolute Gasteiger partial charge is 0.106 e. The van der Waals surface area contributed by atoms with Crippen LogP contribution in [0.1, 0.15) is 50.2 Å². The Morgan fingerprint density at radius 2 is 1.37 bits per heavy atom. The summed E-state index contributed by atoms with van der Waals surface area (Å²) in [5.74, 6) is 0. The van der Waals surface area contributed by atoms with Crippen LogP contribution in [0.5, 0.6) is 0 Å². The van der Waals surface area contributed by atoms with Crippen molar-refractivity contribution >= 4 is 0 Å². The predicted molar refractivity (Wildman–Crippen MR) is 127 cm³/mol. The van der Waals surface area contributed by atoms with Gasteiger partial charge in [0.2, 0.25) is 0 Å². The first kappa shape index (κ1) is 23.9. The molecule has 0 N–H and O–H groups in total. The minimum atomic E-state index is -0.219. The molecule has 0 aliphatic rings. The van der Waals surface area contributed by atoms with Crippen LogP contribution in [0.15, 0.2) is 97.6 Å². The molecule has 0 spiro atoms. The first-order chi connectivity index (χ1) is 14.8. The van der Waals surface area contributed by atoms with Crippen LogP contribution in [0, 0.1) is 0 Å². The zero-order valence-corrected chi connectivity index (χ0v) is 18.3. The quantitative estimate of drug-likeness (QED) is 0.175. The average Bonchev–Trinajstić information content (AvgIpc) is 2.80. The van der Waals surface area contributed by atoms with Gasteiger partial charge in [-0.15, -0.1) is 6.58 Å². The Hall–Kier alpha value is -2.42. The summed E-state index contributed by atoms with van der Waals surface area (Å²) in [6, 6.07) is 20.4. The van der Waals surface area contributed by atoms with Crippen LogP contribution >= 0.6 is 0 Å². The molecule has 0 bridgehead atoms. The highest BCUT2D eigenvalue weighted by atomic mass is 16.5. The van der Waals surface area contributed by atoms with E-state index in [1.807, 2.05) is 42.5 Å². The van der Waals surface area contributed by atoms with E-state index in [9.17, 15) is 0 Å². The summed E-state index contributed by atoms with van der Waals surface area (Å²) in [5, 5.41) is 0. The second-order valence-corrected chi connectivity index (χ2v) is 7.42. The van der Waals surface area contributed by atoms with Crippen LogP contribution in [0.2, 0.25) is 0 Å². The van der Waals surface area contributed by atoms with Gasteiger partial charge in [-0.25, -0.2) is 0 Å². The fourth-order valence-corrected chi connectivity index (χ4v) is 3.13. The van der Waals surface area contributed by atoms with Gasteiger partial charge in [0.15, 0.2) is 0 Å². The van der Waals surface area contributed by atoms with E-state index in [-0.39, 0.29) is 12.2 Å². The normalized spacial score (nSPS) is 13.6. The SMILES string of the molecule is C=C[C@H](OCc1ccccc1)[C@@H](C=CC=CCCCCCC)OCc1ccccc1. The standard InChI is InChI=1S/C28H36O2/c1-3-5-6-7-8-9-10-17-22-28(30-24-26-20-15-12-16-21-26)27(4-2)29-23-25-18-13-11-14-19-25/h4,9-22,27-28H,2-3,5-8,23-24H2,1H3/t27-,28+/m0/s1. The summed E-state index contributed by atoms with van der Waals surface area (Å²) in [6.07, 6.45) is 16.2. The van der Waals surface area contributed by atoms with Gasteiger partial charge in [0.05, 0.1) is 13.2 Å². The van der Waals surface area contributed by atoms with Crippen molar-refractivity contribution in [1.82, 2.24) is 0 Å². The Balaban J connectivity index is 1.94. The van der Waals surface area contributed by atoms with Crippen LogP contribution in [0.3, 0.4) is 0 Å². The number of ether oxygens (including phenoxy) is 2. The van der Waals surface area contributed by atoms with Crippen molar-refractivity contribution in [3.63, 3.8) is 0 Å². The first-order valence-electron chi connectivity index (χ1n) is 11.1. The van der Waals surface area contributed by atoms with E-state index in [2.05, 4.69) is 62.1 Å². The Labute approximate surface area is 182 Å². The Kier molecular flexibility index (Phi) is 12.3. The van der Waals surface area contributed by atoms with E-state index in [0.717, 1.165) is 17.5 Å². The predicted octanol–water partition coefficient (Wildman–Crippen LogP) is 7.43. The molecule has 0 fully saturated rings. The van der Waals surface area contributed by atoms with Gasteiger partial charge < -0.3 is 9.47 Å². The first-order valence-corrected chi connectivity index (χ1v) is 11.1. The van der Waals surface area contributed by atoms with Crippen LogP contribution in [-0.4, -0.2) is 12.2 Å². The summed E-state index contributed by atoms with van der Waals surface area (Å²) in [5.41, 5.74) is 2.29. The molecule has 2 heteroatoms. The second-order valence-electron chi connectivity index (χ2n) is 7.42. The zero-order valence-electron chi connectivity index (χ0n) is 18.3. The van der Waals surface area contributed by atoms with Gasteiger partial charge in [0, 0.05) is 0 Å². The lowest BCUT2D eigenvalue weighted by atomic mass is 10.1. The van der Waals surface area contributed by atoms with Crippen molar-refractivity contribution in [2.75, 3.05) is 0 Å². The van der Waals surface area contributed by atoms with Crippen LogP contribution in [0.4, 0.5) is 0 Å². The van der Waals surface area contributed by atoms with Gasteiger partial charge in [-0.1, -0.05) is 117 Å². The number of rotatable bonds is 15. The average molecular weight is 405 g/mol. The summed E-state index contributed by atoms with van der Waals surface area (Å²) < 4.78 is 12.3. The molecule has 0 aromatic heterocycles. The molecule has 30 heavy (non-hydrogen) atoms. The van der Waals surface area contributed by atoms with E-state index in [1.165, 1.54) is 25.7 Å². The maximum absolute atomic E-state index is 6.21. The Bertz CT molecular complexity index is 734. The molecular weight excluding hydrogens is 368 g/mol. The van der Waals surface area contributed by atoms with E-state index in [1.54, 1.807) is 0 Å². The topological polar surface area (TPSA) is 18.5 Å². The molecule has 0 radical (unpaired) electrons. The number of benzene rings is 2. The van der Waals surface area contributed by atoms with Crippen molar-refractivity contribution in [3.05, 3.63) is 109 Å². The third kappa shape index (κ3) is 9.87. The van der Waals surface area contributed by atoms with E-state index >= 15 is 0 Å². The third-order valence-corrected chi connectivity index (χ3v) is 4.90. The lowest BCUT2D eigenvalue weighted by Crippen LogP contribution is -2.28. The molecule has 2 rings (SSSR count). The molecule has 2 aromatic carbocycles. The molecule has 160 valence electrons. The maximum Gasteiger partial charge on any atom is 0.106 e. The molecule has 2 nitrogen and oxygen atoms in total. The zero-order chi connectivity index (χ0) is 21.3. The third-order valence-electron chi connectivity index (χ3n) is 4.90. The molecule has 0 heterocycles. The van der Waals surface area contributed by atoms with E-state index in [0.29, 0.717) is 13.2 Å². The fourth-order valence-electron chi connectivity index (χ4n) is 3.13. The second kappa shape index (κ2) is 15.4. The van der Waals surface area contributed by atoms with Crippen LogP contribution in [-0.2, 0) is 22.7 Å². The molecule has 2 atom stereocenters. The maximum atomic E-state index is 6.21. The number of hydrogen-bond donors (Lipinski definition) is 0. The molecule has 0 aliphatic heterocycles. The highest BCUT2D eigenvalue weighted by molar-refractivity contribution is 5.15. The van der Waals surface area contributed by atoms with Crippen molar-refractivity contribution in [3.8, 4) is 0 Å². The molecule has 0 saturated heterocycles. The lowest BCUT2D eigenvalue weighted by Gasteiger charge is -2.23. The van der Waals surface area contributed by atoms with Crippen molar-refractivity contribution in [1.29, 1.82) is 0 Å². The van der Waals surface area contributed by atoms with Crippen LogP contribution in [0.25, 0.3) is 0 Å². The van der Waals surface area contributed by atoms with Gasteiger partial charge >= 0.3 is 0 Å². The van der Waals surface area contributed by atoms with Gasteiger partial charge in [-0.2, -0.15) is 0 Å². The Morgan fingerprint density at radius 3 is 1.93 bits per heavy atom. The summed E-state index contributed by atoms with van der Waals surface area (Å²) >= 11 is 0. The Morgan fingerprint density at radius 1 is 0.767 bits per heavy atom. The van der Waals surface area contributed by atoms with Gasteiger partial charge in [0.1, 0.15) is 12.2 Å². The van der Waals surface area contributed by atoms with Gasteiger partial charge in [-0.05, 0) is 24.0 Å². The minimum Gasteiger partial charge on any atom is -0.366 e. The van der Waals surface area contributed by atoms with E-state index in [4.69, 9.17) is 9.47 Å². The summed E-state index contributed by atoms with van der Waals surface area (Å²) in [7, 11) is 0. The summed E-state index contributed by atoms with van der Waals surface area (Å²) in [4.78, 5) is 0. The fraction of sp³-hybridized carbons (Fsp3) is 0.357. The number of hydrogen-bond acceptors (Lipinski definition) is 2. The largest absolute Gasteiger partial charge is 0.366 e. The number of allylic oxidation sites excluding steroid dienone is 3. The van der Waals surface area contributed by atoms with Gasteiger partial charge in [0.25, 0.3) is 0 Å². The minimum absolute atomic E-state index is 0.198. The molecule has 0 aliphatic carbocycles. The van der Waals surface area contributed by atoms with Crippen LogP contribution < -0.4 is 0 Å². The van der Waals surface area contributed by atoms with E-state index < -0.39 is 0 Å². The van der Waals surface area contributed by atoms with Gasteiger partial charge in [-0.3, -0.25) is 0 Å². The van der Waals surface area contributed by atoms with Crippen molar-refractivity contribution in [2.45, 2.75) is 64.4 Å². The highest BCUT2D eigenvalue weighted by Crippen LogP contribution is 2.14. The molecule has 0 amide bonds.